The molecule has 0 aromatic heterocycles. The Balaban J connectivity index is 2.27. The highest BCUT2D eigenvalue weighted by molar-refractivity contribution is 7.95. The van der Waals surface area contributed by atoms with E-state index in [1.54, 1.807) is 0 Å². The molecule has 2 aromatic rings. The molecule has 0 N–H and O–H groups in total. The predicted molar refractivity (Wildman–Crippen MR) is 76.0 cm³/mol. The van der Waals surface area contributed by atoms with E-state index in [0.29, 0.717) is 0 Å². The third-order valence-corrected chi connectivity index (χ3v) is 3.36. The first kappa shape index (κ1) is 14.0. The summed E-state index contributed by atoms with van der Waals surface area (Å²) in [5, 5.41) is 11.2. The van der Waals surface area contributed by atoms with Gasteiger partial charge in [-0.3, -0.25) is 10.1 Å². The van der Waals surface area contributed by atoms with Gasteiger partial charge < -0.3 is 4.18 Å². The van der Waals surface area contributed by atoms with Crippen molar-refractivity contribution in [3.05, 3.63) is 62.6 Å². The lowest BCUT2D eigenvalue weighted by atomic mass is 10.3. The first-order valence-corrected chi connectivity index (χ1v) is 6.60. The molecule has 0 heterocycles. The lowest BCUT2D eigenvalue weighted by Crippen LogP contribution is -1.93. The Hall–Kier alpha value is -1.43. The number of nitro groups is 1. The molecule has 2 aromatic carbocycles. The molecule has 2 rings (SSSR count). The Kier molecular flexibility index (Phi) is 4.52. The smallest absolute Gasteiger partial charge is 0.315 e. The Labute approximate surface area is 123 Å². The minimum Gasteiger partial charge on any atom is -0.412 e. The summed E-state index contributed by atoms with van der Waals surface area (Å²) in [6, 6.07) is 11.8. The van der Waals surface area contributed by atoms with Crippen LogP contribution in [0.5, 0.6) is 5.75 Å². The summed E-state index contributed by atoms with van der Waals surface area (Å²) in [7, 11) is 0. The van der Waals surface area contributed by atoms with Crippen molar-refractivity contribution < 1.29 is 9.11 Å². The molecule has 0 aliphatic carbocycles. The van der Waals surface area contributed by atoms with Crippen molar-refractivity contribution in [2.45, 2.75) is 4.90 Å². The Bertz CT molecular complexity index is 607. The zero-order valence-corrected chi connectivity index (χ0v) is 11.7. The van der Waals surface area contributed by atoms with Gasteiger partial charge in [-0.25, -0.2) is 0 Å². The van der Waals surface area contributed by atoms with Crippen molar-refractivity contribution in [1.82, 2.24) is 0 Å². The molecule has 7 heteroatoms. The van der Waals surface area contributed by atoms with Crippen LogP contribution in [0, 0.1) is 10.1 Å². The number of nitrogens with zero attached hydrogens (tertiary/aromatic N) is 1. The van der Waals surface area contributed by atoms with E-state index in [-0.39, 0.29) is 21.5 Å². The molecule has 0 saturated carbocycles. The van der Waals surface area contributed by atoms with Gasteiger partial charge in [0.1, 0.15) is 0 Å². The summed E-state index contributed by atoms with van der Waals surface area (Å²) < 4.78 is 5.35. The molecule has 0 fully saturated rings. The van der Waals surface area contributed by atoms with Crippen LogP contribution in [0.1, 0.15) is 0 Å². The maximum absolute atomic E-state index is 10.9. The van der Waals surface area contributed by atoms with E-state index in [4.69, 9.17) is 27.4 Å². The van der Waals surface area contributed by atoms with Crippen molar-refractivity contribution in [3.8, 4) is 5.75 Å². The van der Waals surface area contributed by atoms with Crippen molar-refractivity contribution in [2.24, 2.45) is 0 Å². The number of benzene rings is 2. The van der Waals surface area contributed by atoms with Crippen molar-refractivity contribution in [1.29, 1.82) is 0 Å². The van der Waals surface area contributed by atoms with E-state index in [1.807, 2.05) is 30.3 Å². The Morgan fingerprint density at radius 1 is 1.16 bits per heavy atom. The number of hydrogen-bond donors (Lipinski definition) is 0. The van der Waals surface area contributed by atoms with Gasteiger partial charge in [0.05, 0.1) is 22.0 Å². The molecular weight excluding hydrogens is 309 g/mol. The van der Waals surface area contributed by atoms with Crippen molar-refractivity contribution >= 4 is 40.9 Å². The van der Waals surface area contributed by atoms with Gasteiger partial charge in [-0.15, -0.1) is 0 Å². The highest BCUT2D eigenvalue weighted by Gasteiger charge is 2.21. The van der Waals surface area contributed by atoms with Gasteiger partial charge in [-0.2, -0.15) is 0 Å². The zero-order valence-electron chi connectivity index (χ0n) is 9.38. The van der Waals surface area contributed by atoms with E-state index >= 15 is 0 Å². The highest BCUT2D eigenvalue weighted by atomic mass is 35.5. The van der Waals surface area contributed by atoms with Gasteiger partial charge in [0, 0.05) is 16.0 Å². The SMILES string of the molecule is O=[N+]([O-])c1cc(Cl)cc(Cl)c1OSc1ccccc1. The van der Waals surface area contributed by atoms with Crippen LogP contribution in [-0.4, -0.2) is 4.92 Å². The normalized spacial score (nSPS) is 10.2. The third-order valence-electron chi connectivity index (χ3n) is 2.15. The highest BCUT2D eigenvalue weighted by Crippen LogP contribution is 2.40. The molecule has 0 radical (unpaired) electrons. The second kappa shape index (κ2) is 6.14. The predicted octanol–water partition coefficient (Wildman–Crippen LogP) is 4.99. The molecule has 0 spiro atoms. The monoisotopic (exact) mass is 315 g/mol. The Morgan fingerprint density at radius 3 is 2.47 bits per heavy atom. The zero-order chi connectivity index (χ0) is 13.8. The molecule has 0 aliphatic rings. The average molecular weight is 316 g/mol. The molecule has 0 aliphatic heterocycles. The molecule has 98 valence electrons. The van der Waals surface area contributed by atoms with Gasteiger partial charge >= 0.3 is 5.69 Å². The molecule has 0 atom stereocenters. The summed E-state index contributed by atoms with van der Waals surface area (Å²) >= 11 is 12.6. The molecule has 0 amide bonds. The van der Waals surface area contributed by atoms with Crippen LogP contribution in [0.15, 0.2) is 47.4 Å². The molecule has 4 nitrogen and oxygen atoms in total. The quantitative estimate of drug-likeness (QED) is 0.453. The summed E-state index contributed by atoms with van der Waals surface area (Å²) in [5.74, 6) is -0.00933. The van der Waals surface area contributed by atoms with Gasteiger partial charge in [0.15, 0.2) is 0 Å². The van der Waals surface area contributed by atoms with Crippen LogP contribution >= 0.6 is 35.2 Å². The molecular formula is C12H7Cl2NO3S. The van der Waals surface area contributed by atoms with Crippen LogP contribution < -0.4 is 4.18 Å². The van der Waals surface area contributed by atoms with E-state index in [0.717, 1.165) is 16.9 Å². The maximum atomic E-state index is 10.9. The fourth-order valence-electron chi connectivity index (χ4n) is 1.33. The maximum Gasteiger partial charge on any atom is 0.315 e. The number of rotatable bonds is 4. The number of halogens is 2. The number of hydrogen-bond acceptors (Lipinski definition) is 4. The van der Waals surface area contributed by atoms with Gasteiger partial charge in [-0.1, -0.05) is 41.4 Å². The largest absolute Gasteiger partial charge is 0.412 e. The van der Waals surface area contributed by atoms with Gasteiger partial charge in [0.2, 0.25) is 5.75 Å². The minimum absolute atomic E-state index is 0.00933. The topological polar surface area (TPSA) is 52.4 Å². The van der Waals surface area contributed by atoms with Crippen molar-refractivity contribution in [3.63, 3.8) is 0 Å². The van der Waals surface area contributed by atoms with Crippen LogP contribution in [-0.2, 0) is 0 Å². The van der Waals surface area contributed by atoms with Gasteiger partial charge in [-0.05, 0) is 18.2 Å². The second-order valence-corrected chi connectivity index (χ2v) is 5.12. The lowest BCUT2D eigenvalue weighted by molar-refractivity contribution is -0.385. The standard InChI is InChI=1S/C12H7Cl2NO3S/c13-8-6-10(14)12(11(7-8)15(16)17)18-19-9-4-2-1-3-5-9/h1-7H. The Morgan fingerprint density at radius 2 is 1.84 bits per heavy atom. The van der Waals surface area contributed by atoms with E-state index in [1.165, 1.54) is 12.1 Å². The molecule has 0 bridgehead atoms. The van der Waals surface area contributed by atoms with Gasteiger partial charge in [0.25, 0.3) is 0 Å². The van der Waals surface area contributed by atoms with Crippen LogP contribution in [0.3, 0.4) is 0 Å². The summed E-state index contributed by atoms with van der Waals surface area (Å²) in [6.45, 7) is 0. The molecule has 19 heavy (non-hydrogen) atoms. The van der Waals surface area contributed by atoms with Crippen LogP contribution in [0.25, 0.3) is 0 Å². The summed E-state index contributed by atoms with van der Waals surface area (Å²) in [4.78, 5) is 11.2. The van der Waals surface area contributed by atoms with E-state index in [9.17, 15) is 10.1 Å². The van der Waals surface area contributed by atoms with Crippen LogP contribution in [0.2, 0.25) is 10.0 Å². The fraction of sp³-hybridized carbons (Fsp3) is 0. The first-order chi connectivity index (χ1) is 9.08. The van der Waals surface area contributed by atoms with E-state index in [2.05, 4.69) is 0 Å². The van der Waals surface area contributed by atoms with Crippen LogP contribution in [0.4, 0.5) is 5.69 Å². The average Bonchev–Trinajstić information content (AvgIpc) is 2.38. The number of nitro benzene ring substituents is 1. The lowest BCUT2D eigenvalue weighted by Gasteiger charge is -2.07. The first-order valence-electron chi connectivity index (χ1n) is 5.11. The molecule has 0 saturated heterocycles. The molecule has 0 unspecified atom stereocenters. The van der Waals surface area contributed by atoms with Crippen molar-refractivity contribution in [2.75, 3.05) is 0 Å². The van der Waals surface area contributed by atoms with E-state index < -0.39 is 4.92 Å². The second-order valence-electron chi connectivity index (χ2n) is 3.47. The summed E-state index contributed by atoms with van der Waals surface area (Å²) in [6.07, 6.45) is 0. The minimum atomic E-state index is -0.585. The summed E-state index contributed by atoms with van der Waals surface area (Å²) in [5.41, 5.74) is -0.263. The fourth-order valence-corrected chi connectivity index (χ4v) is 2.52. The third kappa shape index (κ3) is 3.53.